The van der Waals surface area contributed by atoms with Crippen LogP contribution in [0.2, 0.25) is 0 Å². The second-order valence-electron chi connectivity index (χ2n) is 4.12. The second kappa shape index (κ2) is 7.30. The van der Waals surface area contributed by atoms with E-state index >= 15 is 0 Å². The van der Waals surface area contributed by atoms with E-state index in [4.69, 9.17) is 5.73 Å². The summed E-state index contributed by atoms with van der Waals surface area (Å²) in [7, 11) is 0. The number of nitrogens with one attached hydrogen (secondary N) is 1. The normalized spacial score (nSPS) is 12.4. The van der Waals surface area contributed by atoms with Gasteiger partial charge < -0.3 is 11.1 Å². The topological polar surface area (TPSA) is 38.0 Å². The summed E-state index contributed by atoms with van der Waals surface area (Å²) in [5, 5.41) is 3.41. The van der Waals surface area contributed by atoms with Gasteiger partial charge in [0.15, 0.2) is 0 Å². The van der Waals surface area contributed by atoms with E-state index in [-0.39, 0.29) is 0 Å². The maximum absolute atomic E-state index is 5.51. The van der Waals surface area contributed by atoms with E-state index in [0.29, 0.717) is 0 Å². The lowest BCUT2D eigenvalue weighted by Gasteiger charge is -2.10. The Hall–Kier alpha value is -1.02. The summed E-state index contributed by atoms with van der Waals surface area (Å²) in [6.45, 7) is 4.14. The van der Waals surface area contributed by atoms with Gasteiger partial charge in [-0.1, -0.05) is 25.1 Å². The zero-order valence-electron chi connectivity index (χ0n) is 9.58. The monoisotopic (exact) mass is 206 g/mol. The van der Waals surface area contributed by atoms with Gasteiger partial charge in [0.05, 0.1) is 0 Å². The highest BCUT2D eigenvalue weighted by Crippen LogP contribution is 2.10. The molecule has 0 heterocycles. The summed E-state index contributed by atoms with van der Waals surface area (Å²) in [5.74, 6) is 0.757. The zero-order valence-corrected chi connectivity index (χ0v) is 9.58. The summed E-state index contributed by atoms with van der Waals surface area (Å²) in [6.07, 6.45) is 3.62. The molecular weight excluding hydrogens is 184 g/mol. The number of para-hydroxylation sites is 1. The minimum absolute atomic E-state index is 0.757. The summed E-state index contributed by atoms with van der Waals surface area (Å²) in [5.41, 5.74) is 6.72. The Balaban J connectivity index is 2.07. The Labute approximate surface area is 92.9 Å². The highest BCUT2D eigenvalue weighted by molar-refractivity contribution is 5.42. The average Bonchev–Trinajstić information content (AvgIpc) is 2.26. The second-order valence-corrected chi connectivity index (χ2v) is 4.12. The van der Waals surface area contributed by atoms with E-state index in [2.05, 4.69) is 36.5 Å². The molecule has 15 heavy (non-hydrogen) atoms. The van der Waals surface area contributed by atoms with Gasteiger partial charge in [-0.3, -0.25) is 0 Å². The van der Waals surface area contributed by atoms with Crippen LogP contribution in [0.4, 0.5) is 5.69 Å². The molecule has 0 radical (unpaired) electrons. The van der Waals surface area contributed by atoms with Gasteiger partial charge in [0, 0.05) is 12.2 Å². The first-order valence-corrected chi connectivity index (χ1v) is 5.82. The fourth-order valence-electron chi connectivity index (χ4n) is 1.67. The number of anilines is 1. The van der Waals surface area contributed by atoms with Crippen molar-refractivity contribution in [1.82, 2.24) is 0 Å². The molecule has 2 heteroatoms. The number of benzene rings is 1. The minimum atomic E-state index is 0.757. The molecule has 0 aliphatic carbocycles. The minimum Gasteiger partial charge on any atom is -0.385 e. The summed E-state index contributed by atoms with van der Waals surface area (Å²) in [6, 6.07) is 10.3. The van der Waals surface area contributed by atoms with Crippen LogP contribution in [0.5, 0.6) is 0 Å². The van der Waals surface area contributed by atoms with Crippen molar-refractivity contribution >= 4 is 5.69 Å². The molecule has 1 unspecified atom stereocenters. The molecule has 1 aromatic carbocycles. The fourth-order valence-corrected chi connectivity index (χ4v) is 1.67. The van der Waals surface area contributed by atoms with Crippen molar-refractivity contribution in [3.63, 3.8) is 0 Å². The Morgan fingerprint density at radius 1 is 1.20 bits per heavy atom. The molecule has 0 saturated carbocycles. The van der Waals surface area contributed by atoms with Gasteiger partial charge in [-0.2, -0.15) is 0 Å². The van der Waals surface area contributed by atoms with Crippen molar-refractivity contribution < 1.29 is 0 Å². The van der Waals surface area contributed by atoms with Gasteiger partial charge in [0.1, 0.15) is 0 Å². The van der Waals surface area contributed by atoms with Crippen molar-refractivity contribution in [2.45, 2.75) is 26.2 Å². The van der Waals surface area contributed by atoms with Gasteiger partial charge in [-0.15, -0.1) is 0 Å². The third-order valence-electron chi connectivity index (χ3n) is 2.64. The molecule has 0 bridgehead atoms. The van der Waals surface area contributed by atoms with Gasteiger partial charge in [0.25, 0.3) is 0 Å². The van der Waals surface area contributed by atoms with E-state index in [1.54, 1.807) is 0 Å². The Bertz CT molecular complexity index is 246. The third-order valence-corrected chi connectivity index (χ3v) is 2.64. The molecule has 1 aromatic rings. The van der Waals surface area contributed by atoms with Crippen LogP contribution in [-0.4, -0.2) is 13.1 Å². The average molecular weight is 206 g/mol. The zero-order chi connectivity index (χ0) is 10.9. The van der Waals surface area contributed by atoms with E-state index in [1.165, 1.54) is 18.5 Å². The van der Waals surface area contributed by atoms with Gasteiger partial charge in [-0.05, 0) is 43.9 Å². The lowest BCUT2D eigenvalue weighted by Crippen LogP contribution is -2.08. The standard InChI is InChI=1S/C13H22N2/c1-12(9-10-14)6-5-11-15-13-7-3-2-4-8-13/h2-4,7-8,12,15H,5-6,9-11,14H2,1H3. The van der Waals surface area contributed by atoms with E-state index in [0.717, 1.165) is 25.4 Å². The predicted octanol–water partition coefficient (Wildman–Crippen LogP) is 2.86. The quantitative estimate of drug-likeness (QED) is 0.673. The molecule has 0 aliphatic heterocycles. The Morgan fingerprint density at radius 2 is 1.93 bits per heavy atom. The Morgan fingerprint density at radius 3 is 2.60 bits per heavy atom. The van der Waals surface area contributed by atoms with Gasteiger partial charge in [-0.25, -0.2) is 0 Å². The maximum Gasteiger partial charge on any atom is 0.0340 e. The van der Waals surface area contributed by atoms with Gasteiger partial charge >= 0.3 is 0 Å². The van der Waals surface area contributed by atoms with Crippen LogP contribution in [0.15, 0.2) is 30.3 Å². The SMILES string of the molecule is CC(CCN)CCCNc1ccccc1. The molecular formula is C13H22N2. The molecule has 3 N–H and O–H groups in total. The van der Waals surface area contributed by atoms with Crippen molar-refractivity contribution in [3.05, 3.63) is 30.3 Å². The lowest BCUT2D eigenvalue weighted by atomic mass is 10.0. The number of hydrogen-bond donors (Lipinski definition) is 2. The molecule has 1 rings (SSSR count). The summed E-state index contributed by atoms with van der Waals surface area (Å²) in [4.78, 5) is 0. The Kier molecular flexibility index (Phi) is 5.86. The van der Waals surface area contributed by atoms with Crippen molar-refractivity contribution in [3.8, 4) is 0 Å². The lowest BCUT2D eigenvalue weighted by molar-refractivity contribution is 0.488. The van der Waals surface area contributed by atoms with Crippen LogP contribution in [0.25, 0.3) is 0 Å². The van der Waals surface area contributed by atoms with Crippen molar-refractivity contribution in [2.75, 3.05) is 18.4 Å². The van der Waals surface area contributed by atoms with E-state index in [9.17, 15) is 0 Å². The highest BCUT2D eigenvalue weighted by Gasteiger charge is 1.99. The molecule has 0 aliphatic rings. The van der Waals surface area contributed by atoms with Gasteiger partial charge in [0.2, 0.25) is 0 Å². The van der Waals surface area contributed by atoms with Crippen LogP contribution < -0.4 is 11.1 Å². The summed E-state index contributed by atoms with van der Waals surface area (Å²) < 4.78 is 0. The molecule has 0 aromatic heterocycles. The van der Waals surface area contributed by atoms with Crippen LogP contribution >= 0.6 is 0 Å². The van der Waals surface area contributed by atoms with Crippen LogP contribution in [0.1, 0.15) is 26.2 Å². The van der Waals surface area contributed by atoms with Crippen LogP contribution in [0.3, 0.4) is 0 Å². The molecule has 2 nitrogen and oxygen atoms in total. The predicted molar refractivity (Wildman–Crippen MR) is 67.0 cm³/mol. The first-order chi connectivity index (χ1) is 7.33. The summed E-state index contributed by atoms with van der Waals surface area (Å²) >= 11 is 0. The smallest absolute Gasteiger partial charge is 0.0340 e. The van der Waals surface area contributed by atoms with Crippen LogP contribution in [-0.2, 0) is 0 Å². The molecule has 0 amide bonds. The molecule has 0 saturated heterocycles. The molecule has 0 spiro atoms. The number of rotatable bonds is 7. The van der Waals surface area contributed by atoms with Crippen molar-refractivity contribution in [1.29, 1.82) is 0 Å². The first-order valence-electron chi connectivity index (χ1n) is 5.82. The number of nitrogens with two attached hydrogens (primary N) is 1. The van der Waals surface area contributed by atoms with Crippen LogP contribution in [0, 0.1) is 5.92 Å². The number of hydrogen-bond acceptors (Lipinski definition) is 2. The fraction of sp³-hybridized carbons (Fsp3) is 0.538. The highest BCUT2D eigenvalue weighted by atomic mass is 14.9. The largest absolute Gasteiger partial charge is 0.385 e. The maximum atomic E-state index is 5.51. The van der Waals surface area contributed by atoms with E-state index < -0.39 is 0 Å². The third kappa shape index (κ3) is 5.43. The molecule has 1 atom stereocenters. The molecule has 84 valence electrons. The van der Waals surface area contributed by atoms with E-state index in [1.807, 2.05) is 6.07 Å². The first kappa shape index (κ1) is 12.1. The molecule has 0 fully saturated rings. The van der Waals surface area contributed by atoms with Crippen molar-refractivity contribution in [2.24, 2.45) is 11.7 Å².